The quantitative estimate of drug-likeness (QED) is 0.495. The van der Waals surface area contributed by atoms with Gasteiger partial charge in [-0.15, -0.1) is 0 Å². The Bertz CT molecular complexity index is 1220. The van der Waals surface area contributed by atoms with Crippen LogP contribution < -0.4 is 9.80 Å². The summed E-state index contributed by atoms with van der Waals surface area (Å²) in [7, 11) is -2.14. The number of piperidine rings is 1. The zero-order chi connectivity index (χ0) is 24.6. The predicted molar refractivity (Wildman–Crippen MR) is 140 cm³/mol. The highest BCUT2D eigenvalue weighted by Crippen LogP contribution is 2.38. The summed E-state index contributed by atoms with van der Waals surface area (Å²) in [6.07, 6.45) is 2.30. The maximum atomic E-state index is 13.7. The normalized spacial score (nSPS) is 18.6. The Morgan fingerprint density at radius 3 is 2.50 bits per heavy atom. The fourth-order valence-electron chi connectivity index (χ4n) is 4.60. The summed E-state index contributed by atoms with van der Waals surface area (Å²) in [6, 6.07) is 10.9. The SMILES string of the molecule is CCC(=O)N1CCc2cc(Br)c(S(=O)(=O)N3CCC[C@@H](C(=O)N(C)c4ccc(Br)cc4)C3)cc21. The topological polar surface area (TPSA) is 78.0 Å². The maximum absolute atomic E-state index is 13.7. The summed E-state index contributed by atoms with van der Waals surface area (Å²) in [5.74, 6) is -0.553. The second-order valence-corrected chi connectivity index (χ2v) is 12.3. The highest BCUT2D eigenvalue weighted by atomic mass is 79.9. The summed E-state index contributed by atoms with van der Waals surface area (Å²) in [5, 5.41) is 0. The monoisotopic (exact) mass is 611 g/mol. The summed E-state index contributed by atoms with van der Waals surface area (Å²) in [4.78, 5) is 28.9. The lowest BCUT2D eigenvalue weighted by Crippen LogP contribution is -2.46. The number of rotatable bonds is 5. The van der Waals surface area contributed by atoms with Crippen LogP contribution in [0, 0.1) is 5.92 Å². The molecule has 0 N–H and O–H groups in total. The van der Waals surface area contributed by atoms with E-state index in [-0.39, 0.29) is 23.3 Å². The molecular formula is C24H27Br2N3O4S. The second kappa shape index (κ2) is 10.1. The average molecular weight is 613 g/mol. The van der Waals surface area contributed by atoms with Gasteiger partial charge in [0.2, 0.25) is 21.8 Å². The third-order valence-corrected chi connectivity index (χ3v) is 9.88. The molecule has 182 valence electrons. The van der Waals surface area contributed by atoms with Crippen LogP contribution in [0.1, 0.15) is 31.7 Å². The number of carbonyl (C=O) groups excluding carboxylic acids is 2. The van der Waals surface area contributed by atoms with E-state index >= 15 is 0 Å². The molecule has 34 heavy (non-hydrogen) atoms. The molecule has 0 spiro atoms. The molecule has 2 aliphatic heterocycles. The first-order valence-electron chi connectivity index (χ1n) is 11.3. The molecule has 0 saturated carbocycles. The number of carbonyl (C=O) groups is 2. The van der Waals surface area contributed by atoms with Crippen molar-refractivity contribution < 1.29 is 18.0 Å². The van der Waals surface area contributed by atoms with Gasteiger partial charge in [0.05, 0.1) is 10.8 Å². The Morgan fingerprint density at radius 2 is 1.82 bits per heavy atom. The van der Waals surface area contributed by atoms with E-state index in [1.54, 1.807) is 35.9 Å². The van der Waals surface area contributed by atoms with Crippen molar-refractivity contribution in [1.82, 2.24) is 4.31 Å². The fourth-order valence-corrected chi connectivity index (χ4v) is 7.46. The van der Waals surface area contributed by atoms with Crippen LogP contribution in [-0.2, 0) is 26.0 Å². The number of amides is 2. The van der Waals surface area contributed by atoms with Crippen molar-refractivity contribution in [2.24, 2.45) is 5.92 Å². The van der Waals surface area contributed by atoms with Gasteiger partial charge in [-0.25, -0.2) is 8.42 Å². The number of hydrogen-bond acceptors (Lipinski definition) is 4. The number of anilines is 2. The second-order valence-electron chi connectivity index (χ2n) is 8.64. The third-order valence-electron chi connectivity index (χ3n) is 6.53. The lowest BCUT2D eigenvalue weighted by atomic mass is 9.98. The Hall–Kier alpha value is -1.75. The van der Waals surface area contributed by atoms with E-state index in [4.69, 9.17) is 0 Å². The molecule has 0 radical (unpaired) electrons. The van der Waals surface area contributed by atoms with Crippen LogP contribution in [0.15, 0.2) is 50.2 Å². The molecule has 2 amide bonds. The Labute approximate surface area is 217 Å². The van der Waals surface area contributed by atoms with E-state index in [9.17, 15) is 18.0 Å². The van der Waals surface area contributed by atoms with Crippen LogP contribution in [0.2, 0.25) is 0 Å². The Kier molecular flexibility index (Phi) is 7.52. The predicted octanol–water partition coefficient (Wildman–Crippen LogP) is 4.57. The number of halogens is 2. The summed E-state index contributed by atoms with van der Waals surface area (Å²) in [6.45, 7) is 2.84. The molecule has 0 unspecified atom stereocenters. The van der Waals surface area contributed by atoms with Crippen LogP contribution in [-0.4, -0.2) is 51.2 Å². The minimum atomic E-state index is -3.86. The molecule has 2 aromatic rings. The standard InChI is InChI=1S/C24H27Br2N3O4S/c1-3-23(30)29-12-10-16-13-20(26)22(14-21(16)29)34(32,33)28-11-4-5-17(15-28)24(31)27(2)19-8-6-18(25)7-9-19/h6-9,13-14,17H,3-5,10-12,15H2,1-2H3/t17-/m1/s1. The molecule has 10 heteroatoms. The molecule has 0 aromatic heterocycles. The van der Waals surface area contributed by atoms with Gasteiger partial charge in [-0.2, -0.15) is 4.31 Å². The minimum absolute atomic E-state index is 0.0240. The van der Waals surface area contributed by atoms with Gasteiger partial charge in [0.25, 0.3) is 0 Å². The largest absolute Gasteiger partial charge is 0.315 e. The first-order chi connectivity index (χ1) is 16.1. The van der Waals surface area contributed by atoms with Gasteiger partial charge in [0, 0.05) is 53.4 Å². The van der Waals surface area contributed by atoms with E-state index in [1.807, 2.05) is 24.3 Å². The first-order valence-corrected chi connectivity index (χ1v) is 14.3. The molecule has 7 nitrogen and oxygen atoms in total. The number of benzene rings is 2. The van der Waals surface area contributed by atoms with Gasteiger partial charge < -0.3 is 9.80 Å². The van der Waals surface area contributed by atoms with E-state index in [1.165, 1.54) is 4.31 Å². The minimum Gasteiger partial charge on any atom is -0.315 e. The molecule has 4 rings (SSSR count). The molecule has 2 aliphatic rings. The summed E-state index contributed by atoms with van der Waals surface area (Å²) < 4.78 is 30.1. The van der Waals surface area contributed by atoms with Crippen molar-refractivity contribution in [3.05, 3.63) is 50.9 Å². The third kappa shape index (κ3) is 4.82. The zero-order valence-electron chi connectivity index (χ0n) is 19.1. The van der Waals surface area contributed by atoms with Gasteiger partial charge in [0.1, 0.15) is 0 Å². The smallest absolute Gasteiger partial charge is 0.244 e. The van der Waals surface area contributed by atoms with Crippen LogP contribution >= 0.6 is 31.9 Å². The van der Waals surface area contributed by atoms with Crippen LogP contribution in [0.3, 0.4) is 0 Å². The zero-order valence-corrected chi connectivity index (χ0v) is 23.1. The van der Waals surface area contributed by atoms with Crippen molar-refractivity contribution in [3.63, 3.8) is 0 Å². The molecular weight excluding hydrogens is 586 g/mol. The maximum Gasteiger partial charge on any atom is 0.244 e. The van der Waals surface area contributed by atoms with Gasteiger partial charge in [-0.05, 0) is 77.2 Å². The molecule has 0 aliphatic carbocycles. The van der Waals surface area contributed by atoms with E-state index in [0.29, 0.717) is 48.9 Å². The highest BCUT2D eigenvalue weighted by molar-refractivity contribution is 9.10. The summed E-state index contributed by atoms with van der Waals surface area (Å²) in [5.41, 5.74) is 2.37. The molecule has 1 atom stereocenters. The first kappa shape index (κ1) is 25.3. The van der Waals surface area contributed by atoms with E-state index in [0.717, 1.165) is 15.7 Å². The Morgan fingerprint density at radius 1 is 1.12 bits per heavy atom. The number of hydrogen-bond donors (Lipinski definition) is 0. The highest BCUT2D eigenvalue weighted by Gasteiger charge is 2.37. The number of fused-ring (bicyclic) bond motifs is 1. The molecule has 2 aromatic carbocycles. The van der Waals surface area contributed by atoms with E-state index in [2.05, 4.69) is 31.9 Å². The lowest BCUT2D eigenvalue weighted by Gasteiger charge is -2.33. The van der Waals surface area contributed by atoms with Crippen molar-refractivity contribution in [2.75, 3.05) is 36.5 Å². The van der Waals surface area contributed by atoms with Gasteiger partial charge in [0.15, 0.2) is 0 Å². The van der Waals surface area contributed by atoms with Crippen molar-refractivity contribution in [2.45, 2.75) is 37.5 Å². The van der Waals surface area contributed by atoms with Gasteiger partial charge in [-0.1, -0.05) is 22.9 Å². The van der Waals surface area contributed by atoms with Crippen molar-refractivity contribution in [1.29, 1.82) is 0 Å². The molecule has 1 fully saturated rings. The molecule has 2 heterocycles. The Balaban J connectivity index is 1.58. The molecule has 1 saturated heterocycles. The fraction of sp³-hybridized carbons (Fsp3) is 0.417. The van der Waals surface area contributed by atoms with E-state index < -0.39 is 15.9 Å². The number of sulfonamides is 1. The van der Waals surface area contributed by atoms with Crippen molar-refractivity contribution >= 4 is 65.1 Å². The number of nitrogens with zero attached hydrogens (tertiary/aromatic N) is 3. The lowest BCUT2D eigenvalue weighted by molar-refractivity contribution is -0.123. The van der Waals surface area contributed by atoms with Gasteiger partial charge in [-0.3, -0.25) is 9.59 Å². The molecule has 0 bridgehead atoms. The summed E-state index contributed by atoms with van der Waals surface area (Å²) >= 11 is 6.84. The van der Waals surface area contributed by atoms with Crippen LogP contribution in [0.5, 0.6) is 0 Å². The van der Waals surface area contributed by atoms with Crippen molar-refractivity contribution in [3.8, 4) is 0 Å². The average Bonchev–Trinajstić information content (AvgIpc) is 3.25. The van der Waals surface area contributed by atoms with Crippen LogP contribution in [0.25, 0.3) is 0 Å². The van der Waals surface area contributed by atoms with Gasteiger partial charge >= 0.3 is 0 Å². The van der Waals surface area contributed by atoms with Crippen LogP contribution in [0.4, 0.5) is 11.4 Å².